The predicted octanol–water partition coefficient (Wildman–Crippen LogP) is 1.93. The standard InChI is InChI=1S/C18H23N3O4/c1-12-15(17(23)24)7-3-9-20(12)16(22)13-5-2-6-14(11-13)21-10-4-8-19-18(21)25/h2,5-6,11-12,15H,3-4,7-10H2,1H3,(H,19,25)(H,23,24)/t12-,15-/m1/s1. The number of nitrogens with zero attached hydrogens (tertiary/aromatic N) is 2. The fourth-order valence-electron chi connectivity index (χ4n) is 3.61. The normalized spacial score (nSPS) is 24.0. The van der Waals surface area contributed by atoms with E-state index in [0.717, 1.165) is 6.42 Å². The maximum absolute atomic E-state index is 12.9. The van der Waals surface area contributed by atoms with Crippen LogP contribution in [0.5, 0.6) is 0 Å². The van der Waals surface area contributed by atoms with Crippen molar-refractivity contribution in [2.75, 3.05) is 24.5 Å². The molecule has 2 saturated heterocycles. The number of benzene rings is 1. The second kappa shape index (κ2) is 7.13. The molecule has 134 valence electrons. The third-order valence-corrected chi connectivity index (χ3v) is 5.05. The first-order chi connectivity index (χ1) is 12.0. The third-order valence-electron chi connectivity index (χ3n) is 5.05. The maximum atomic E-state index is 12.9. The van der Waals surface area contributed by atoms with Crippen molar-refractivity contribution in [3.05, 3.63) is 29.8 Å². The van der Waals surface area contributed by atoms with Gasteiger partial charge < -0.3 is 15.3 Å². The average Bonchev–Trinajstić information content (AvgIpc) is 2.61. The highest BCUT2D eigenvalue weighted by Gasteiger charge is 2.35. The summed E-state index contributed by atoms with van der Waals surface area (Å²) in [6.45, 7) is 3.62. The van der Waals surface area contributed by atoms with Crippen molar-refractivity contribution in [1.82, 2.24) is 10.2 Å². The molecule has 7 heteroatoms. The maximum Gasteiger partial charge on any atom is 0.321 e. The molecule has 2 N–H and O–H groups in total. The van der Waals surface area contributed by atoms with E-state index in [-0.39, 0.29) is 18.0 Å². The number of carboxylic acids is 1. The van der Waals surface area contributed by atoms with Gasteiger partial charge in [0.2, 0.25) is 0 Å². The molecule has 2 aliphatic heterocycles. The number of carboxylic acid groups (broad SMARTS) is 1. The van der Waals surface area contributed by atoms with Gasteiger partial charge in [0, 0.05) is 36.9 Å². The molecule has 0 aromatic heterocycles. The molecule has 3 amide bonds. The van der Waals surface area contributed by atoms with Gasteiger partial charge in [0.25, 0.3) is 5.91 Å². The number of amides is 3. The summed E-state index contributed by atoms with van der Waals surface area (Å²) in [7, 11) is 0. The molecule has 0 bridgehead atoms. The molecule has 0 aliphatic carbocycles. The van der Waals surface area contributed by atoms with Gasteiger partial charge in [0.15, 0.2) is 0 Å². The van der Waals surface area contributed by atoms with Crippen LogP contribution in [0.2, 0.25) is 0 Å². The first-order valence-corrected chi connectivity index (χ1v) is 8.68. The second-order valence-electron chi connectivity index (χ2n) is 6.61. The molecule has 2 heterocycles. The lowest BCUT2D eigenvalue weighted by molar-refractivity contribution is -0.144. The van der Waals surface area contributed by atoms with Crippen LogP contribution in [0.25, 0.3) is 0 Å². The predicted molar refractivity (Wildman–Crippen MR) is 92.7 cm³/mol. The van der Waals surface area contributed by atoms with Gasteiger partial charge in [-0.2, -0.15) is 0 Å². The first kappa shape index (κ1) is 17.3. The minimum atomic E-state index is -0.858. The van der Waals surface area contributed by atoms with E-state index < -0.39 is 11.9 Å². The van der Waals surface area contributed by atoms with Crippen molar-refractivity contribution < 1.29 is 19.5 Å². The van der Waals surface area contributed by atoms with Gasteiger partial charge in [-0.3, -0.25) is 14.5 Å². The highest BCUT2D eigenvalue weighted by atomic mass is 16.4. The van der Waals surface area contributed by atoms with E-state index in [2.05, 4.69) is 5.32 Å². The van der Waals surface area contributed by atoms with E-state index >= 15 is 0 Å². The van der Waals surface area contributed by atoms with Crippen LogP contribution in [0.3, 0.4) is 0 Å². The number of urea groups is 1. The lowest BCUT2D eigenvalue weighted by Gasteiger charge is -2.37. The topological polar surface area (TPSA) is 89.9 Å². The molecular formula is C18H23N3O4. The van der Waals surface area contributed by atoms with Crippen LogP contribution in [-0.2, 0) is 4.79 Å². The van der Waals surface area contributed by atoms with Gasteiger partial charge in [-0.05, 0) is 44.4 Å². The van der Waals surface area contributed by atoms with E-state index in [1.165, 1.54) is 0 Å². The van der Waals surface area contributed by atoms with Crippen molar-refractivity contribution in [2.24, 2.45) is 5.92 Å². The van der Waals surface area contributed by atoms with Crippen LogP contribution in [0.4, 0.5) is 10.5 Å². The lowest BCUT2D eigenvalue weighted by Crippen LogP contribution is -2.49. The summed E-state index contributed by atoms with van der Waals surface area (Å²) in [6, 6.07) is 6.48. The molecule has 0 unspecified atom stereocenters. The molecule has 7 nitrogen and oxygen atoms in total. The van der Waals surface area contributed by atoms with Crippen molar-refractivity contribution in [1.29, 1.82) is 0 Å². The number of hydrogen-bond donors (Lipinski definition) is 2. The molecule has 0 spiro atoms. The Morgan fingerprint density at radius 3 is 2.76 bits per heavy atom. The van der Waals surface area contributed by atoms with E-state index in [4.69, 9.17) is 0 Å². The molecule has 0 radical (unpaired) electrons. The second-order valence-corrected chi connectivity index (χ2v) is 6.61. The zero-order chi connectivity index (χ0) is 18.0. The van der Waals surface area contributed by atoms with Gasteiger partial charge in [-0.25, -0.2) is 4.79 Å². The van der Waals surface area contributed by atoms with Crippen molar-refractivity contribution in [3.63, 3.8) is 0 Å². The number of nitrogens with one attached hydrogen (secondary N) is 1. The van der Waals surface area contributed by atoms with Gasteiger partial charge >= 0.3 is 12.0 Å². The number of carbonyl (C=O) groups is 3. The van der Waals surface area contributed by atoms with Crippen LogP contribution in [0, 0.1) is 5.92 Å². The number of likely N-dealkylation sites (tertiary alicyclic amines) is 1. The Morgan fingerprint density at radius 2 is 2.04 bits per heavy atom. The van der Waals surface area contributed by atoms with Crippen LogP contribution in [0.1, 0.15) is 36.5 Å². The van der Waals surface area contributed by atoms with Crippen molar-refractivity contribution in [3.8, 4) is 0 Å². The van der Waals surface area contributed by atoms with E-state index in [9.17, 15) is 19.5 Å². The summed E-state index contributed by atoms with van der Waals surface area (Å²) >= 11 is 0. The van der Waals surface area contributed by atoms with E-state index in [0.29, 0.717) is 43.7 Å². The van der Waals surface area contributed by atoms with Crippen LogP contribution in [0.15, 0.2) is 24.3 Å². The van der Waals surface area contributed by atoms with Gasteiger partial charge in [0.1, 0.15) is 0 Å². The molecule has 3 rings (SSSR count). The number of aliphatic carboxylic acids is 1. The molecule has 25 heavy (non-hydrogen) atoms. The van der Waals surface area contributed by atoms with Crippen LogP contribution < -0.4 is 10.2 Å². The summed E-state index contributed by atoms with van der Waals surface area (Å²) in [4.78, 5) is 39.5. The fourth-order valence-corrected chi connectivity index (χ4v) is 3.61. The Hall–Kier alpha value is -2.57. The quantitative estimate of drug-likeness (QED) is 0.876. The zero-order valence-corrected chi connectivity index (χ0v) is 14.3. The van der Waals surface area contributed by atoms with E-state index in [1.807, 2.05) is 0 Å². The number of rotatable bonds is 3. The molecule has 2 aliphatic rings. The summed E-state index contributed by atoms with van der Waals surface area (Å²) in [5.41, 5.74) is 1.16. The molecule has 0 saturated carbocycles. The summed E-state index contributed by atoms with van der Waals surface area (Å²) in [6.07, 6.45) is 2.13. The Labute approximate surface area is 146 Å². The Morgan fingerprint density at radius 1 is 1.24 bits per heavy atom. The Kier molecular flexibility index (Phi) is 4.92. The molecule has 1 aromatic carbocycles. The number of hydrogen-bond acceptors (Lipinski definition) is 3. The highest BCUT2D eigenvalue weighted by Crippen LogP contribution is 2.26. The highest BCUT2D eigenvalue weighted by molar-refractivity contribution is 5.98. The van der Waals surface area contributed by atoms with E-state index in [1.54, 1.807) is 41.0 Å². The number of piperidine rings is 1. The van der Waals surface area contributed by atoms with Gasteiger partial charge in [-0.15, -0.1) is 0 Å². The number of carbonyl (C=O) groups excluding carboxylic acids is 2. The first-order valence-electron chi connectivity index (χ1n) is 8.68. The zero-order valence-electron chi connectivity index (χ0n) is 14.3. The molecular weight excluding hydrogens is 322 g/mol. The monoisotopic (exact) mass is 345 g/mol. The third kappa shape index (κ3) is 3.45. The number of anilines is 1. The summed E-state index contributed by atoms with van der Waals surface area (Å²) < 4.78 is 0. The molecule has 1 aromatic rings. The van der Waals surface area contributed by atoms with Crippen LogP contribution >= 0.6 is 0 Å². The van der Waals surface area contributed by atoms with Crippen molar-refractivity contribution >= 4 is 23.6 Å². The average molecular weight is 345 g/mol. The summed E-state index contributed by atoms with van der Waals surface area (Å²) in [5.74, 6) is -1.57. The minimum Gasteiger partial charge on any atom is -0.481 e. The Balaban J connectivity index is 1.81. The molecule has 2 fully saturated rings. The Bertz CT molecular complexity index is 691. The van der Waals surface area contributed by atoms with Gasteiger partial charge in [0.05, 0.1) is 5.92 Å². The van der Waals surface area contributed by atoms with Crippen LogP contribution in [-0.4, -0.2) is 53.6 Å². The van der Waals surface area contributed by atoms with Gasteiger partial charge in [-0.1, -0.05) is 6.07 Å². The smallest absolute Gasteiger partial charge is 0.321 e. The minimum absolute atomic E-state index is 0.159. The molecule has 2 atom stereocenters. The largest absolute Gasteiger partial charge is 0.481 e. The SMILES string of the molecule is C[C@@H]1[C@H](C(=O)O)CCCN1C(=O)c1cccc(N2CCCNC2=O)c1. The van der Waals surface area contributed by atoms with Crippen molar-refractivity contribution in [2.45, 2.75) is 32.2 Å². The lowest BCUT2D eigenvalue weighted by atomic mass is 9.90. The summed E-state index contributed by atoms with van der Waals surface area (Å²) in [5, 5.41) is 12.1. The fraction of sp³-hybridized carbons (Fsp3) is 0.500.